The summed E-state index contributed by atoms with van der Waals surface area (Å²) in [7, 11) is 0. The van der Waals surface area contributed by atoms with Gasteiger partial charge in [0.25, 0.3) is 0 Å². The molecule has 0 radical (unpaired) electrons. The van der Waals surface area contributed by atoms with E-state index in [1.165, 1.54) is 57.8 Å². The molecule has 0 aliphatic heterocycles. The molecule has 4 aliphatic carbocycles. The van der Waals surface area contributed by atoms with Crippen molar-refractivity contribution in [3.63, 3.8) is 0 Å². The van der Waals surface area contributed by atoms with E-state index in [2.05, 4.69) is 13.8 Å². The van der Waals surface area contributed by atoms with E-state index >= 15 is 0 Å². The monoisotopic (exact) mass is 476 g/mol. The van der Waals surface area contributed by atoms with E-state index in [0.29, 0.717) is 11.6 Å². The van der Waals surface area contributed by atoms with Gasteiger partial charge in [-0.2, -0.15) is 0 Å². The molecule has 34 heavy (non-hydrogen) atoms. The van der Waals surface area contributed by atoms with Crippen molar-refractivity contribution >= 4 is 11.6 Å². The van der Waals surface area contributed by atoms with Crippen LogP contribution in [0.15, 0.2) is 0 Å². The number of Topliss-reactive ketones (excluding diaryl/α,β-unsaturated/α-hetero) is 2. The smallest absolute Gasteiger partial charge is 0.132 e. The summed E-state index contributed by atoms with van der Waals surface area (Å²) >= 11 is 0. The zero-order valence-corrected chi connectivity index (χ0v) is 22.3. The SMILES string of the molecule is CCCCCC(=O)CCCCOC12CC3CC(C1)CC(OCCCCC(=O)CCCCC)(C3)C2. The number of hydrogen-bond acceptors (Lipinski definition) is 4. The molecule has 0 N–H and O–H groups in total. The Hall–Kier alpha value is -0.740. The lowest BCUT2D eigenvalue weighted by molar-refractivity contribution is -0.237. The molecule has 0 aromatic rings. The number of hydrogen-bond donors (Lipinski definition) is 0. The van der Waals surface area contributed by atoms with E-state index in [1.807, 2.05) is 0 Å². The molecule has 0 spiro atoms. The maximum atomic E-state index is 12.0. The summed E-state index contributed by atoms with van der Waals surface area (Å²) in [6, 6.07) is 0. The first kappa shape index (κ1) is 27.8. The van der Waals surface area contributed by atoms with Crippen molar-refractivity contribution in [3.8, 4) is 0 Å². The number of carbonyl (C=O) groups is 2. The predicted octanol–water partition coefficient (Wildman–Crippen LogP) is 7.75. The van der Waals surface area contributed by atoms with E-state index in [4.69, 9.17) is 9.47 Å². The van der Waals surface area contributed by atoms with Crippen LogP contribution in [0.3, 0.4) is 0 Å². The van der Waals surface area contributed by atoms with Crippen molar-refractivity contribution in [1.82, 2.24) is 0 Å². The summed E-state index contributed by atoms with van der Waals surface area (Å²) in [6.07, 6.45) is 20.9. The Morgan fingerprint density at radius 3 is 1.38 bits per heavy atom. The summed E-state index contributed by atoms with van der Waals surface area (Å²) < 4.78 is 13.2. The van der Waals surface area contributed by atoms with Gasteiger partial charge in [-0.3, -0.25) is 9.59 Å². The summed E-state index contributed by atoms with van der Waals surface area (Å²) in [4.78, 5) is 24.0. The third-order valence-electron chi connectivity index (χ3n) is 8.59. The lowest BCUT2D eigenvalue weighted by atomic mass is 9.52. The highest BCUT2D eigenvalue weighted by molar-refractivity contribution is 5.78. The van der Waals surface area contributed by atoms with Gasteiger partial charge in [0.2, 0.25) is 0 Å². The lowest BCUT2D eigenvalue weighted by Crippen LogP contribution is -2.61. The van der Waals surface area contributed by atoms with Crippen LogP contribution in [0.25, 0.3) is 0 Å². The molecule has 4 rings (SSSR count). The molecule has 196 valence electrons. The van der Waals surface area contributed by atoms with Crippen LogP contribution in [0, 0.1) is 11.8 Å². The van der Waals surface area contributed by atoms with E-state index in [0.717, 1.165) is 95.7 Å². The molecule has 4 bridgehead atoms. The van der Waals surface area contributed by atoms with Gasteiger partial charge < -0.3 is 9.47 Å². The predicted molar refractivity (Wildman–Crippen MR) is 138 cm³/mol. The normalized spacial score (nSPS) is 29.6. The molecule has 4 saturated carbocycles. The average molecular weight is 477 g/mol. The number of ketones is 2. The summed E-state index contributed by atoms with van der Waals surface area (Å²) in [5.41, 5.74) is 0.0366. The van der Waals surface area contributed by atoms with E-state index in [1.54, 1.807) is 0 Å². The van der Waals surface area contributed by atoms with Crippen molar-refractivity contribution in [1.29, 1.82) is 0 Å². The van der Waals surface area contributed by atoms with Gasteiger partial charge in [0.15, 0.2) is 0 Å². The van der Waals surface area contributed by atoms with Gasteiger partial charge in [0, 0.05) is 45.3 Å². The lowest BCUT2D eigenvalue weighted by Gasteiger charge is -2.61. The van der Waals surface area contributed by atoms with Crippen LogP contribution >= 0.6 is 0 Å². The third-order valence-corrected chi connectivity index (χ3v) is 8.59. The number of rotatable bonds is 20. The van der Waals surface area contributed by atoms with Crippen molar-refractivity contribution in [2.75, 3.05) is 13.2 Å². The highest BCUT2D eigenvalue weighted by Crippen LogP contribution is 2.60. The van der Waals surface area contributed by atoms with Gasteiger partial charge in [-0.05, 0) is 82.5 Å². The molecule has 0 heterocycles. The topological polar surface area (TPSA) is 52.6 Å². The first-order valence-electron chi connectivity index (χ1n) is 14.8. The van der Waals surface area contributed by atoms with Gasteiger partial charge >= 0.3 is 0 Å². The molecule has 4 fully saturated rings. The number of unbranched alkanes of at least 4 members (excludes halogenated alkanes) is 6. The molecule has 0 saturated heterocycles. The molecule has 4 heteroatoms. The van der Waals surface area contributed by atoms with Crippen molar-refractivity contribution in [2.24, 2.45) is 11.8 Å². The van der Waals surface area contributed by atoms with Crippen LogP contribution in [-0.2, 0) is 19.1 Å². The van der Waals surface area contributed by atoms with E-state index < -0.39 is 0 Å². The van der Waals surface area contributed by atoms with Gasteiger partial charge in [-0.15, -0.1) is 0 Å². The fraction of sp³-hybridized carbons (Fsp3) is 0.933. The Morgan fingerprint density at radius 1 is 0.618 bits per heavy atom. The first-order valence-corrected chi connectivity index (χ1v) is 14.8. The molecule has 4 aliphatic rings. The average Bonchev–Trinajstić information content (AvgIpc) is 2.78. The minimum Gasteiger partial charge on any atom is -0.375 e. The molecule has 0 aromatic carbocycles. The molecule has 0 amide bonds. The zero-order chi connectivity index (χ0) is 24.3. The van der Waals surface area contributed by atoms with Gasteiger partial charge in [-0.1, -0.05) is 39.5 Å². The highest BCUT2D eigenvalue weighted by Gasteiger charge is 2.59. The van der Waals surface area contributed by atoms with Crippen molar-refractivity contribution < 1.29 is 19.1 Å². The Morgan fingerprint density at radius 2 is 1.00 bits per heavy atom. The van der Waals surface area contributed by atoms with Gasteiger partial charge in [0.05, 0.1) is 11.2 Å². The zero-order valence-electron chi connectivity index (χ0n) is 22.3. The number of carbonyl (C=O) groups excluding carboxylic acids is 2. The Bertz CT molecular complexity index is 563. The van der Waals surface area contributed by atoms with E-state index in [9.17, 15) is 9.59 Å². The fourth-order valence-electron chi connectivity index (χ4n) is 7.25. The van der Waals surface area contributed by atoms with Crippen molar-refractivity contribution in [2.45, 2.75) is 153 Å². The quantitative estimate of drug-likeness (QED) is 0.169. The Kier molecular flexibility index (Phi) is 11.6. The summed E-state index contributed by atoms with van der Waals surface area (Å²) in [5.74, 6) is 2.36. The molecule has 0 aromatic heterocycles. The largest absolute Gasteiger partial charge is 0.375 e. The Balaban J connectivity index is 1.34. The van der Waals surface area contributed by atoms with Crippen LogP contribution in [0.4, 0.5) is 0 Å². The van der Waals surface area contributed by atoms with Crippen LogP contribution in [0.1, 0.15) is 142 Å². The van der Waals surface area contributed by atoms with E-state index in [-0.39, 0.29) is 11.2 Å². The van der Waals surface area contributed by atoms with Crippen molar-refractivity contribution in [3.05, 3.63) is 0 Å². The van der Waals surface area contributed by atoms with Gasteiger partial charge in [0.1, 0.15) is 11.6 Å². The maximum Gasteiger partial charge on any atom is 0.132 e. The Labute approximate surface area is 209 Å². The van der Waals surface area contributed by atoms with Crippen LogP contribution in [-0.4, -0.2) is 36.0 Å². The fourth-order valence-corrected chi connectivity index (χ4v) is 7.25. The number of ether oxygens (including phenoxy) is 2. The van der Waals surface area contributed by atoms with Crippen LogP contribution in [0.5, 0.6) is 0 Å². The molecule has 0 unspecified atom stereocenters. The summed E-state index contributed by atoms with van der Waals surface area (Å²) in [6.45, 7) is 5.94. The molecule has 4 nitrogen and oxygen atoms in total. The second-order valence-electron chi connectivity index (χ2n) is 11.9. The molecular weight excluding hydrogens is 424 g/mol. The molecular formula is C30H52O4. The minimum absolute atomic E-state index is 0.0183. The summed E-state index contributed by atoms with van der Waals surface area (Å²) in [5, 5.41) is 0. The minimum atomic E-state index is 0.0183. The first-order chi connectivity index (χ1) is 16.5. The standard InChI is InChI=1S/C30H52O4/c1-3-5-7-13-27(31)15-9-11-17-33-29-20-25-19-26(21-29)23-30(22-25,24-29)34-18-12-10-16-28(32)14-8-6-4-2/h25-26H,3-24H2,1-2H3. The second-order valence-corrected chi connectivity index (χ2v) is 11.9. The van der Waals surface area contributed by atoms with Crippen LogP contribution in [0.2, 0.25) is 0 Å². The molecule has 0 atom stereocenters. The third kappa shape index (κ3) is 8.73. The second kappa shape index (κ2) is 14.1. The van der Waals surface area contributed by atoms with Gasteiger partial charge in [-0.25, -0.2) is 0 Å². The maximum absolute atomic E-state index is 12.0. The highest BCUT2D eigenvalue weighted by atomic mass is 16.5. The van der Waals surface area contributed by atoms with Crippen LogP contribution < -0.4 is 0 Å².